The average molecular weight is 260 g/mol. The SMILES string of the molecule is COc1ccc(CCNC(C)=O)c2ccc(=O)[nH]c12. The van der Waals surface area contributed by atoms with Crippen molar-refractivity contribution in [1.29, 1.82) is 0 Å². The molecule has 0 aliphatic carbocycles. The number of aromatic nitrogens is 1. The molecular formula is C14H16N2O3. The maximum atomic E-state index is 11.4. The Morgan fingerprint density at radius 1 is 1.32 bits per heavy atom. The number of fused-ring (bicyclic) bond motifs is 1. The molecule has 0 atom stereocenters. The van der Waals surface area contributed by atoms with E-state index in [-0.39, 0.29) is 11.5 Å². The van der Waals surface area contributed by atoms with Gasteiger partial charge in [-0.2, -0.15) is 0 Å². The van der Waals surface area contributed by atoms with Crippen molar-refractivity contribution in [2.24, 2.45) is 0 Å². The van der Waals surface area contributed by atoms with Gasteiger partial charge in [-0.25, -0.2) is 0 Å². The molecule has 1 aromatic carbocycles. The highest BCUT2D eigenvalue weighted by Gasteiger charge is 2.07. The summed E-state index contributed by atoms with van der Waals surface area (Å²) < 4.78 is 5.24. The molecule has 2 rings (SSSR count). The topological polar surface area (TPSA) is 71.2 Å². The average Bonchev–Trinajstić information content (AvgIpc) is 2.38. The summed E-state index contributed by atoms with van der Waals surface area (Å²) in [6, 6.07) is 7.03. The molecule has 100 valence electrons. The fourth-order valence-electron chi connectivity index (χ4n) is 2.05. The number of hydrogen-bond donors (Lipinski definition) is 2. The molecule has 0 fully saturated rings. The van der Waals surface area contributed by atoms with E-state index in [1.165, 1.54) is 13.0 Å². The fraction of sp³-hybridized carbons (Fsp3) is 0.286. The standard InChI is InChI=1S/C14H16N2O3/c1-9(17)15-8-7-10-3-5-12(19-2)14-11(10)4-6-13(18)16-14/h3-6H,7-8H2,1-2H3,(H,15,17)(H,16,18). The summed E-state index contributed by atoms with van der Waals surface area (Å²) in [5, 5.41) is 3.69. The number of H-pyrrole nitrogens is 1. The molecule has 1 amide bonds. The van der Waals surface area contributed by atoms with Crippen LogP contribution in [0.2, 0.25) is 0 Å². The second kappa shape index (κ2) is 5.56. The van der Waals surface area contributed by atoms with Gasteiger partial charge in [-0.1, -0.05) is 6.07 Å². The number of aromatic amines is 1. The summed E-state index contributed by atoms with van der Waals surface area (Å²) in [7, 11) is 1.57. The van der Waals surface area contributed by atoms with Gasteiger partial charge in [0.25, 0.3) is 0 Å². The van der Waals surface area contributed by atoms with E-state index in [2.05, 4.69) is 10.3 Å². The van der Waals surface area contributed by atoms with E-state index in [0.717, 1.165) is 10.9 Å². The van der Waals surface area contributed by atoms with Gasteiger partial charge in [-0.15, -0.1) is 0 Å². The normalized spacial score (nSPS) is 10.4. The highest BCUT2D eigenvalue weighted by Crippen LogP contribution is 2.25. The summed E-state index contributed by atoms with van der Waals surface area (Å²) in [5.74, 6) is 0.585. The van der Waals surface area contributed by atoms with E-state index in [1.807, 2.05) is 12.1 Å². The number of pyridine rings is 1. The number of rotatable bonds is 4. The summed E-state index contributed by atoms with van der Waals surface area (Å²) in [6.07, 6.45) is 0.701. The zero-order chi connectivity index (χ0) is 13.8. The van der Waals surface area contributed by atoms with Crippen LogP contribution in [0.5, 0.6) is 5.75 Å². The van der Waals surface area contributed by atoms with Gasteiger partial charge in [0, 0.05) is 24.9 Å². The zero-order valence-electron chi connectivity index (χ0n) is 10.9. The van der Waals surface area contributed by atoms with E-state index < -0.39 is 0 Å². The van der Waals surface area contributed by atoms with Gasteiger partial charge in [0.05, 0.1) is 12.6 Å². The van der Waals surface area contributed by atoms with Crippen molar-refractivity contribution in [2.45, 2.75) is 13.3 Å². The van der Waals surface area contributed by atoms with E-state index in [0.29, 0.717) is 24.2 Å². The first kappa shape index (κ1) is 13.1. The predicted molar refractivity (Wildman–Crippen MR) is 73.5 cm³/mol. The first-order valence-electron chi connectivity index (χ1n) is 6.05. The molecule has 0 spiro atoms. The van der Waals surface area contributed by atoms with E-state index >= 15 is 0 Å². The number of ether oxygens (including phenoxy) is 1. The van der Waals surface area contributed by atoms with Crippen LogP contribution in [0, 0.1) is 0 Å². The van der Waals surface area contributed by atoms with Crippen LogP contribution in [-0.4, -0.2) is 24.5 Å². The molecule has 0 aliphatic heterocycles. The quantitative estimate of drug-likeness (QED) is 0.868. The highest BCUT2D eigenvalue weighted by molar-refractivity contribution is 5.87. The molecule has 5 heteroatoms. The van der Waals surface area contributed by atoms with E-state index in [4.69, 9.17) is 4.74 Å². The first-order chi connectivity index (χ1) is 9.11. The highest BCUT2D eigenvalue weighted by atomic mass is 16.5. The lowest BCUT2D eigenvalue weighted by atomic mass is 10.0. The maximum absolute atomic E-state index is 11.4. The van der Waals surface area contributed by atoms with Gasteiger partial charge in [-0.05, 0) is 24.1 Å². The van der Waals surface area contributed by atoms with Crippen molar-refractivity contribution in [3.05, 3.63) is 40.2 Å². The number of carbonyl (C=O) groups is 1. The molecule has 0 bridgehead atoms. The second-order valence-corrected chi connectivity index (χ2v) is 4.27. The van der Waals surface area contributed by atoms with Crippen LogP contribution < -0.4 is 15.6 Å². The molecule has 1 aromatic heterocycles. The Labute approximate surface area is 110 Å². The number of nitrogens with one attached hydrogen (secondary N) is 2. The van der Waals surface area contributed by atoms with Crippen molar-refractivity contribution in [3.63, 3.8) is 0 Å². The Morgan fingerprint density at radius 2 is 2.11 bits per heavy atom. The Balaban J connectivity index is 2.40. The Bertz CT molecular complexity index is 661. The second-order valence-electron chi connectivity index (χ2n) is 4.27. The zero-order valence-corrected chi connectivity index (χ0v) is 10.9. The van der Waals surface area contributed by atoms with Crippen LogP contribution in [0.4, 0.5) is 0 Å². The molecule has 0 radical (unpaired) electrons. The van der Waals surface area contributed by atoms with Crippen molar-refractivity contribution in [2.75, 3.05) is 13.7 Å². The molecule has 1 heterocycles. The summed E-state index contributed by atoms with van der Waals surface area (Å²) >= 11 is 0. The van der Waals surface area contributed by atoms with Gasteiger partial charge >= 0.3 is 0 Å². The van der Waals surface area contributed by atoms with Crippen molar-refractivity contribution >= 4 is 16.8 Å². The molecule has 0 saturated heterocycles. The summed E-state index contributed by atoms with van der Waals surface area (Å²) in [5.41, 5.74) is 1.58. The van der Waals surface area contributed by atoms with Crippen molar-refractivity contribution in [3.8, 4) is 5.75 Å². The van der Waals surface area contributed by atoms with Crippen LogP contribution in [0.15, 0.2) is 29.1 Å². The lowest BCUT2D eigenvalue weighted by Crippen LogP contribution is -2.22. The molecule has 0 aliphatic rings. The van der Waals surface area contributed by atoms with Crippen LogP contribution >= 0.6 is 0 Å². The van der Waals surface area contributed by atoms with Crippen LogP contribution in [0.25, 0.3) is 10.9 Å². The Hall–Kier alpha value is -2.30. The lowest BCUT2D eigenvalue weighted by molar-refractivity contribution is -0.118. The first-order valence-corrected chi connectivity index (χ1v) is 6.05. The van der Waals surface area contributed by atoms with Crippen molar-refractivity contribution in [1.82, 2.24) is 10.3 Å². The molecule has 2 aromatic rings. The van der Waals surface area contributed by atoms with E-state index in [9.17, 15) is 9.59 Å². The number of carbonyl (C=O) groups excluding carboxylic acids is 1. The molecule has 0 saturated carbocycles. The molecule has 0 unspecified atom stereocenters. The number of methoxy groups -OCH3 is 1. The summed E-state index contributed by atoms with van der Waals surface area (Å²) in [4.78, 5) is 25.0. The van der Waals surface area contributed by atoms with Crippen molar-refractivity contribution < 1.29 is 9.53 Å². The largest absolute Gasteiger partial charge is 0.495 e. The van der Waals surface area contributed by atoms with Gasteiger partial charge < -0.3 is 15.0 Å². The minimum atomic E-state index is -0.162. The van der Waals surface area contributed by atoms with Crippen LogP contribution in [-0.2, 0) is 11.2 Å². The van der Waals surface area contributed by atoms with Gasteiger partial charge in [0.1, 0.15) is 5.75 Å². The van der Waals surface area contributed by atoms with Crippen LogP contribution in [0.3, 0.4) is 0 Å². The van der Waals surface area contributed by atoms with E-state index in [1.54, 1.807) is 13.2 Å². The maximum Gasteiger partial charge on any atom is 0.248 e. The minimum Gasteiger partial charge on any atom is -0.495 e. The third-order valence-corrected chi connectivity index (χ3v) is 2.94. The molecular weight excluding hydrogens is 244 g/mol. The monoisotopic (exact) mass is 260 g/mol. The Kier molecular flexibility index (Phi) is 3.85. The number of amides is 1. The third kappa shape index (κ3) is 2.93. The van der Waals surface area contributed by atoms with Crippen LogP contribution in [0.1, 0.15) is 12.5 Å². The fourth-order valence-corrected chi connectivity index (χ4v) is 2.05. The lowest BCUT2D eigenvalue weighted by Gasteiger charge is -2.10. The molecule has 2 N–H and O–H groups in total. The number of benzene rings is 1. The minimum absolute atomic E-state index is 0.0498. The summed E-state index contributed by atoms with van der Waals surface area (Å²) in [6.45, 7) is 2.06. The number of hydrogen-bond acceptors (Lipinski definition) is 3. The predicted octanol–water partition coefficient (Wildman–Crippen LogP) is 1.22. The Morgan fingerprint density at radius 3 is 2.79 bits per heavy atom. The molecule has 5 nitrogen and oxygen atoms in total. The smallest absolute Gasteiger partial charge is 0.248 e. The molecule has 19 heavy (non-hydrogen) atoms. The third-order valence-electron chi connectivity index (χ3n) is 2.94. The van der Waals surface area contributed by atoms with Gasteiger partial charge in [0.15, 0.2) is 0 Å². The van der Waals surface area contributed by atoms with Gasteiger partial charge in [-0.3, -0.25) is 9.59 Å². The van der Waals surface area contributed by atoms with Gasteiger partial charge in [0.2, 0.25) is 11.5 Å².